The summed E-state index contributed by atoms with van der Waals surface area (Å²) in [6.45, 7) is 1.91. The van der Waals surface area contributed by atoms with E-state index in [0.717, 1.165) is 17.9 Å². The van der Waals surface area contributed by atoms with Crippen molar-refractivity contribution in [2.45, 2.75) is 19.3 Å². The van der Waals surface area contributed by atoms with Crippen molar-refractivity contribution in [3.8, 4) is 0 Å². The molecule has 3 rings (SSSR count). The highest BCUT2D eigenvalue weighted by molar-refractivity contribution is 6.30. The number of halogens is 1. The van der Waals surface area contributed by atoms with Gasteiger partial charge in [0.25, 0.3) is 0 Å². The Labute approximate surface area is 120 Å². The number of hydrogen-bond donors (Lipinski definition) is 1. The molecule has 0 saturated heterocycles. The molecular weight excluding hydrogens is 278 g/mol. The van der Waals surface area contributed by atoms with Crippen LogP contribution in [0.25, 0.3) is 0 Å². The fraction of sp³-hybridized carbons (Fsp3) is 0.308. The van der Waals surface area contributed by atoms with Crippen LogP contribution in [0.1, 0.15) is 23.9 Å². The molecule has 7 heteroatoms. The molecule has 0 spiro atoms. The Kier molecular flexibility index (Phi) is 3.31. The standard InChI is InChI=1S/C13H12ClN5O/c1-7-2-3-15-12(17-7)9-5-10(9)13(20)18-11-4-8(14)6-16-19-11/h2-4,6,9-10H,5H2,1H3,(H,18,19,20)/t9-,10-/m0/s1. The molecule has 0 bridgehead atoms. The van der Waals surface area contributed by atoms with Gasteiger partial charge in [0.2, 0.25) is 5.91 Å². The minimum Gasteiger partial charge on any atom is -0.309 e. The van der Waals surface area contributed by atoms with Crippen molar-refractivity contribution in [1.82, 2.24) is 20.2 Å². The maximum atomic E-state index is 12.1. The predicted molar refractivity (Wildman–Crippen MR) is 73.3 cm³/mol. The Balaban J connectivity index is 1.66. The van der Waals surface area contributed by atoms with Crippen LogP contribution in [0.4, 0.5) is 5.82 Å². The van der Waals surface area contributed by atoms with Crippen LogP contribution in [0.3, 0.4) is 0 Å². The fourth-order valence-electron chi connectivity index (χ4n) is 2.04. The second-order valence-electron chi connectivity index (χ2n) is 4.75. The first-order valence-corrected chi connectivity index (χ1v) is 6.60. The molecule has 20 heavy (non-hydrogen) atoms. The maximum Gasteiger partial charge on any atom is 0.229 e. The van der Waals surface area contributed by atoms with E-state index in [1.165, 1.54) is 6.20 Å². The summed E-state index contributed by atoms with van der Waals surface area (Å²) < 4.78 is 0. The van der Waals surface area contributed by atoms with Gasteiger partial charge in [-0.2, -0.15) is 5.10 Å². The summed E-state index contributed by atoms with van der Waals surface area (Å²) in [5.41, 5.74) is 0.904. The van der Waals surface area contributed by atoms with Crippen molar-refractivity contribution < 1.29 is 4.79 Å². The molecule has 2 aromatic heterocycles. The Bertz CT molecular complexity index is 663. The second kappa shape index (κ2) is 5.13. The van der Waals surface area contributed by atoms with Crippen LogP contribution in [-0.4, -0.2) is 26.1 Å². The Morgan fingerprint density at radius 3 is 3.10 bits per heavy atom. The quantitative estimate of drug-likeness (QED) is 0.934. The van der Waals surface area contributed by atoms with Gasteiger partial charge in [-0.25, -0.2) is 9.97 Å². The van der Waals surface area contributed by atoms with Crippen LogP contribution >= 0.6 is 11.6 Å². The summed E-state index contributed by atoms with van der Waals surface area (Å²) in [4.78, 5) is 20.6. The number of amides is 1. The SMILES string of the molecule is Cc1ccnc([C@H]2C[C@@H]2C(=O)Nc2cc(Cl)cnn2)n1. The van der Waals surface area contributed by atoms with Crippen molar-refractivity contribution in [2.24, 2.45) is 5.92 Å². The molecule has 0 radical (unpaired) electrons. The van der Waals surface area contributed by atoms with Crippen molar-refractivity contribution in [2.75, 3.05) is 5.32 Å². The van der Waals surface area contributed by atoms with Gasteiger partial charge in [-0.3, -0.25) is 4.79 Å². The Hall–Kier alpha value is -2.08. The molecule has 1 saturated carbocycles. The number of hydrogen-bond acceptors (Lipinski definition) is 5. The van der Waals surface area contributed by atoms with Gasteiger partial charge in [-0.15, -0.1) is 5.10 Å². The Morgan fingerprint density at radius 2 is 2.35 bits per heavy atom. The summed E-state index contributed by atoms with van der Waals surface area (Å²) in [6.07, 6.45) is 3.88. The number of nitrogens with one attached hydrogen (secondary N) is 1. The van der Waals surface area contributed by atoms with E-state index in [-0.39, 0.29) is 17.7 Å². The van der Waals surface area contributed by atoms with Crippen LogP contribution in [-0.2, 0) is 4.79 Å². The highest BCUT2D eigenvalue weighted by Gasteiger charge is 2.46. The van der Waals surface area contributed by atoms with Gasteiger partial charge in [0, 0.05) is 29.8 Å². The number of aromatic nitrogens is 4. The van der Waals surface area contributed by atoms with E-state index in [9.17, 15) is 4.79 Å². The molecule has 0 aliphatic heterocycles. The lowest BCUT2D eigenvalue weighted by molar-refractivity contribution is -0.117. The van der Waals surface area contributed by atoms with Gasteiger partial charge in [0.15, 0.2) is 5.82 Å². The normalized spacial score (nSPS) is 20.5. The molecular formula is C13H12ClN5O. The third-order valence-corrected chi connectivity index (χ3v) is 3.35. The third-order valence-electron chi connectivity index (χ3n) is 3.14. The number of carbonyl (C=O) groups excluding carboxylic acids is 1. The molecule has 1 aliphatic rings. The zero-order chi connectivity index (χ0) is 14.1. The summed E-state index contributed by atoms with van der Waals surface area (Å²) in [5, 5.41) is 10.6. The predicted octanol–water partition coefficient (Wildman–Crippen LogP) is 1.97. The van der Waals surface area contributed by atoms with Crippen LogP contribution < -0.4 is 5.32 Å². The van der Waals surface area contributed by atoms with Crippen LogP contribution in [0.2, 0.25) is 5.02 Å². The zero-order valence-electron chi connectivity index (χ0n) is 10.7. The molecule has 0 unspecified atom stereocenters. The number of rotatable bonds is 3. The molecule has 0 aromatic carbocycles. The second-order valence-corrected chi connectivity index (χ2v) is 5.19. The van der Waals surface area contributed by atoms with Crippen molar-refractivity contribution in [3.05, 3.63) is 41.1 Å². The maximum absolute atomic E-state index is 12.1. The van der Waals surface area contributed by atoms with E-state index in [4.69, 9.17) is 11.6 Å². The van der Waals surface area contributed by atoms with Gasteiger partial charge in [-0.1, -0.05) is 11.6 Å². The third kappa shape index (κ3) is 2.75. The number of carbonyl (C=O) groups is 1. The summed E-state index contributed by atoms with van der Waals surface area (Å²) in [5.74, 6) is 0.955. The van der Waals surface area contributed by atoms with Crippen LogP contribution in [0.5, 0.6) is 0 Å². The van der Waals surface area contributed by atoms with E-state index >= 15 is 0 Å². The van der Waals surface area contributed by atoms with Gasteiger partial charge in [-0.05, 0) is 19.4 Å². The first-order valence-electron chi connectivity index (χ1n) is 6.22. The molecule has 2 atom stereocenters. The zero-order valence-corrected chi connectivity index (χ0v) is 11.5. The molecule has 6 nitrogen and oxygen atoms in total. The van der Waals surface area contributed by atoms with Crippen molar-refractivity contribution in [1.29, 1.82) is 0 Å². The number of nitrogens with zero attached hydrogens (tertiary/aromatic N) is 4. The lowest BCUT2D eigenvalue weighted by Crippen LogP contribution is -2.16. The highest BCUT2D eigenvalue weighted by Crippen LogP contribution is 2.46. The van der Waals surface area contributed by atoms with E-state index in [0.29, 0.717) is 10.8 Å². The number of aryl methyl sites for hydroxylation is 1. The van der Waals surface area contributed by atoms with Crippen molar-refractivity contribution in [3.63, 3.8) is 0 Å². The van der Waals surface area contributed by atoms with Crippen molar-refractivity contribution >= 4 is 23.3 Å². The first-order chi connectivity index (χ1) is 9.63. The van der Waals surface area contributed by atoms with Crippen LogP contribution in [0.15, 0.2) is 24.5 Å². The largest absolute Gasteiger partial charge is 0.309 e. The topological polar surface area (TPSA) is 80.7 Å². The molecule has 1 N–H and O–H groups in total. The average Bonchev–Trinajstić information content (AvgIpc) is 3.19. The monoisotopic (exact) mass is 289 g/mol. The molecule has 1 fully saturated rings. The molecule has 102 valence electrons. The lowest BCUT2D eigenvalue weighted by Gasteiger charge is -2.03. The minimum atomic E-state index is -0.113. The smallest absolute Gasteiger partial charge is 0.229 e. The van der Waals surface area contributed by atoms with Gasteiger partial charge in [0.05, 0.1) is 11.2 Å². The average molecular weight is 290 g/mol. The van der Waals surface area contributed by atoms with E-state index in [2.05, 4.69) is 25.5 Å². The van der Waals surface area contributed by atoms with E-state index in [1.807, 2.05) is 13.0 Å². The summed E-state index contributed by atoms with van der Waals surface area (Å²) >= 11 is 5.79. The molecule has 2 aromatic rings. The van der Waals surface area contributed by atoms with Crippen LogP contribution in [0, 0.1) is 12.8 Å². The fourth-order valence-corrected chi connectivity index (χ4v) is 2.19. The van der Waals surface area contributed by atoms with E-state index in [1.54, 1.807) is 12.3 Å². The Morgan fingerprint density at radius 1 is 1.50 bits per heavy atom. The van der Waals surface area contributed by atoms with Gasteiger partial charge in [0.1, 0.15) is 5.82 Å². The minimum absolute atomic E-state index is 0.0852. The lowest BCUT2D eigenvalue weighted by atomic mass is 10.2. The summed E-state index contributed by atoms with van der Waals surface area (Å²) in [7, 11) is 0. The van der Waals surface area contributed by atoms with Gasteiger partial charge >= 0.3 is 0 Å². The molecule has 2 heterocycles. The molecule has 1 aliphatic carbocycles. The summed E-state index contributed by atoms with van der Waals surface area (Å²) in [6, 6.07) is 3.40. The first kappa shape index (κ1) is 12.9. The van der Waals surface area contributed by atoms with E-state index < -0.39 is 0 Å². The molecule has 1 amide bonds. The highest BCUT2D eigenvalue weighted by atomic mass is 35.5. The van der Waals surface area contributed by atoms with Gasteiger partial charge < -0.3 is 5.32 Å². The number of anilines is 1.